The molecule has 0 aromatic heterocycles. The molecule has 0 unspecified atom stereocenters. The Bertz CT molecular complexity index is 334. The number of halogens is 1. The van der Waals surface area contributed by atoms with Crippen LogP contribution in [0, 0.1) is 5.82 Å². The van der Waals surface area contributed by atoms with E-state index in [0.29, 0.717) is 17.9 Å². The summed E-state index contributed by atoms with van der Waals surface area (Å²) in [5.41, 5.74) is 0.682. The highest BCUT2D eigenvalue weighted by atomic mass is 19.1. The third-order valence-electron chi connectivity index (χ3n) is 2.88. The second-order valence-corrected chi connectivity index (χ2v) is 3.90. The first-order valence-electron chi connectivity index (χ1n) is 5.35. The van der Waals surface area contributed by atoms with Crippen molar-refractivity contribution in [1.29, 1.82) is 0 Å². The molecule has 0 saturated carbocycles. The summed E-state index contributed by atoms with van der Waals surface area (Å²) in [7, 11) is 1.59. The van der Waals surface area contributed by atoms with Crippen molar-refractivity contribution in [1.82, 2.24) is 4.90 Å². The zero-order valence-corrected chi connectivity index (χ0v) is 9.00. The van der Waals surface area contributed by atoms with Crippen molar-refractivity contribution in [3.8, 4) is 5.75 Å². The Morgan fingerprint density at radius 2 is 2.07 bits per heavy atom. The molecule has 1 heterocycles. The van der Waals surface area contributed by atoms with E-state index in [1.165, 1.54) is 18.9 Å². The summed E-state index contributed by atoms with van der Waals surface area (Å²) < 4.78 is 18.8. The lowest BCUT2D eigenvalue weighted by Crippen LogP contribution is -2.19. The summed E-state index contributed by atoms with van der Waals surface area (Å²) >= 11 is 0. The molecule has 0 atom stereocenters. The van der Waals surface area contributed by atoms with Gasteiger partial charge < -0.3 is 4.74 Å². The molecule has 1 saturated heterocycles. The Labute approximate surface area is 89.7 Å². The number of hydrogen-bond acceptors (Lipinski definition) is 2. The van der Waals surface area contributed by atoms with Gasteiger partial charge in [-0.3, -0.25) is 4.90 Å². The molecule has 0 radical (unpaired) electrons. The van der Waals surface area contributed by atoms with Crippen LogP contribution in [0.15, 0.2) is 18.2 Å². The predicted octanol–water partition coefficient (Wildman–Crippen LogP) is 2.43. The second-order valence-electron chi connectivity index (χ2n) is 3.90. The van der Waals surface area contributed by atoms with Crippen molar-refractivity contribution in [2.24, 2.45) is 0 Å². The van der Waals surface area contributed by atoms with E-state index in [4.69, 9.17) is 4.74 Å². The first-order chi connectivity index (χ1) is 7.31. The predicted molar refractivity (Wildman–Crippen MR) is 57.5 cm³/mol. The minimum absolute atomic E-state index is 0.166. The summed E-state index contributed by atoms with van der Waals surface area (Å²) in [6.07, 6.45) is 2.44. The van der Waals surface area contributed by atoms with Crippen molar-refractivity contribution in [2.45, 2.75) is 19.4 Å². The Hall–Kier alpha value is -1.09. The van der Waals surface area contributed by atoms with Crippen molar-refractivity contribution in [2.75, 3.05) is 20.2 Å². The summed E-state index contributed by atoms with van der Waals surface area (Å²) in [5, 5.41) is 0. The number of methoxy groups -OCH3 is 1. The van der Waals surface area contributed by atoms with E-state index in [2.05, 4.69) is 4.90 Å². The number of ether oxygens (including phenoxy) is 1. The highest BCUT2D eigenvalue weighted by molar-refractivity contribution is 5.34. The number of rotatable bonds is 3. The Balaban J connectivity index is 2.17. The van der Waals surface area contributed by atoms with Gasteiger partial charge >= 0.3 is 0 Å². The number of benzene rings is 1. The molecule has 82 valence electrons. The third kappa shape index (κ3) is 2.29. The molecule has 1 aliphatic heterocycles. The van der Waals surface area contributed by atoms with Gasteiger partial charge in [0.15, 0.2) is 0 Å². The molecular weight excluding hydrogens is 193 g/mol. The van der Waals surface area contributed by atoms with Gasteiger partial charge in [0, 0.05) is 12.1 Å². The average Bonchev–Trinajstić information content (AvgIpc) is 2.74. The molecule has 2 nitrogen and oxygen atoms in total. The van der Waals surface area contributed by atoms with Crippen LogP contribution < -0.4 is 4.74 Å². The summed E-state index contributed by atoms with van der Waals surface area (Å²) in [4.78, 5) is 2.26. The van der Waals surface area contributed by atoms with Gasteiger partial charge in [-0.25, -0.2) is 4.39 Å². The summed E-state index contributed by atoms with van der Waals surface area (Å²) in [6, 6.07) is 4.99. The van der Waals surface area contributed by atoms with Gasteiger partial charge in [-0.2, -0.15) is 0 Å². The Morgan fingerprint density at radius 3 is 2.73 bits per heavy atom. The fourth-order valence-corrected chi connectivity index (χ4v) is 2.05. The van der Waals surface area contributed by atoms with E-state index >= 15 is 0 Å². The lowest BCUT2D eigenvalue weighted by molar-refractivity contribution is 0.313. The lowest BCUT2D eigenvalue weighted by Gasteiger charge is -2.17. The molecule has 0 bridgehead atoms. The van der Waals surface area contributed by atoms with Crippen LogP contribution in [0.3, 0.4) is 0 Å². The van der Waals surface area contributed by atoms with Crippen LogP contribution in [0.1, 0.15) is 18.4 Å². The highest BCUT2D eigenvalue weighted by Gasteiger charge is 2.16. The fourth-order valence-electron chi connectivity index (χ4n) is 2.05. The van der Waals surface area contributed by atoms with Gasteiger partial charge in [-0.1, -0.05) is 6.07 Å². The molecule has 15 heavy (non-hydrogen) atoms. The Morgan fingerprint density at radius 1 is 1.33 bits per heavy atom. The molecular formula is C12H16FNO. The Kier molecular flexibility index (Phi) is 3.21. The van der Waals surface area contributed by atoms with E-state index in [0.717, 1.165) is 13.1 Å². The lowest BCUT2D eigenvalue weighted by atomic mass is 10.2. The topological polar surface area (TPSA) is 12.5 Å². The maximum atomic E-state index is 13.6. The molecule has 1 aromatic carbocycles. The van der Waals surface area contributed by atoms with Crippen LogP contribution in [0.2, 0.25) is 0 Å². The molecule has 1 aromatic rings. The largest absolute Gasteiger partial charge is 0.496 e. The smallest absolute Gasteiger partial charge is 0.131 e. The fraction of sp³-hybridized carbons (Fsp3) is 0.500. The van der Waals surface area contributed by atoms with Crippen molar-refractivity contribution < 1.29 is 9.13 Å². The second kappa shape index (κ2) is 4.62. The van der Waals surface area contributed by atoms with Gasteiger partial charge in [0.05, 0.1) is 7.11 Å². The molecule has 3 heteroatoms. The van der Waals surface area contributed by atoms with Crippen LogP contribution in [-0.4, -0.2) is 25.1 Å². The number of likely N-dealkylation sites (tertiary alicyclic amines) is 1. The molecule has 0 aliphatic carbocycles. The van der Waals surface area contributed by atoms with Gasteiger partial charge in [-0.05, 0) is 38.1 Å². The summed E-state index contributed by atoms with van der Waals surface area (Å²) in [5.74, 6) is 0.489. The molecule has 1 fully saturated rings. The van der Waals surface area contributed by atoms with Crippen LogP contribution in [0.25, 0.3) is 0 Å². The highest BCUT2D eigenvalue weighted by Crippen LogP contribution is 2.24. The molecule has 0 spiro atoms. The average molecular weight is 209 g/mol. The van der Waals surface area contributed by atoms with Crippen molar-refractivity contribution >= 4 is 0 Å². The van der Waals surface area contributed by atoms with E-state index in [1.807, 2.05) is 6.07 Å². The minimum atomic E-state index is -0.166. The van der Waals surface area contributed by atoms with E-state index in [1.54, 1.807) is 13.2 Å². The van der Waals surface area contributed by atoms with Gasteiger partial charge in [0.2, 0.25) is 0 Å². The van der Waals surface area contributed by atoms with Crippen LogP contribution >= 0.6 is 0 Å². The van der Waals surface area contributed by atoms with Gasteiger partial charge in [0.25, 0.3) is 0 Å². The van der Waals surface area contributed by atoms with Gasteiger partial charge in [0.1, 0.15) is 11.6 Å². The quantitative estimate of drug-likeness (QED) is 0.758. The van der Waals surface area contributed by atoms with Crippen molar-refractivity contribution in [3.63, 3.8) is 0 Å². The number of hydrogen-bond donors (Lipinski definition) is 0. The van der Waals surface area contributed by atoms with E-state index in [9.17, 15) is 4.39 Å². The molecule has 2 rings (SSSR count). The van der Waals surface area contributed by atoms with E-state index in [-0.39, 0.29) is 5.82 Å². The van der Waals surface area contributed by atoms with Gasteiger partial charge in [-0.15, -0.1) is 0 Å². The first kappa shape index (κ1) is 10.4. The molecule has 1 aliphatic rings. The van der Waals surface area contributed by atoms with Crippen molar-refractivity contribution in [3.05, 3.63) is 29.6 Å². The summed E-state index contributed by atoms with van der Waals surface area (Å²) in [6.45, 7) is 2.80. The number of nitrogens with zero attached hydrogens (tertiary/aromatic N) is 1. The van der Waals surface area contributed by atoms with E-state index < -0.39 is 0 Å². The third-order valence-corrected chi connectivity index (χ3v) is 2.88. The van der Waals surface area contributed by atoms with Crippen LogP contribution in [-0.2, 0) is 6.54 Å². The molecule has 0 amide bonds. The minimum Gasteiger partial charge on any atom is -0.496 e. The zero-order chi connectivity index (χ0) is 10.7. The van der Waals surface area contributed by atoms with Crippen LogP contribution in [0.4, 0.5) is 4.39 Å². The first-order valence-corrected chi connectivity index (χ1v) is 5.35. The standard InChI is InChI=1S/C12H16FNO/c1-15-12-6-4-5-11(13)10(12)9-14-7-2-3-8-14/h4-6H,2-3,7-9H2,1H3. The zero-order valence-electron chi connectivity index (χ0n) is 9.00. The van der Waals surface area contributed by atoms with Crippen LogP contribution in [0.5, 0.6) is 5.75 Å². The maximum Gasteiger partial charge on any atom is 0.131 e. The monoisotopic (exact) mass is 209 g/mol. The maximum absolute atomic E-state index is 13.6. The normalized spacial score (nSPS) is 16.9. The molecule has 0 N–H and O–H groups in total. The SMILES string of the molecule is COc1cccc(F)c1CN1CCCC1.